The average Bonchev–Trinajstić information content (AvgIpc) is 3.09. The zero-order valence-electron chi connectivity index (χ0n) is 16.3. The normalized spacial score (nSPS) is 12.4. The Kier molecular flexibility index (Phi) is 5.27. The summed E-state index contributed by atoms with van der Waals surface area (Å²) in [6, 6.07) is 12.8. The van der Waals surface area contributed by atoms with Crippen molar-refractivity contribution in [3.8, 4) is 0 Å². The van der Waals surface area contributed by atoms with Crippen molar-refractivity contribution in [1.29, 1.82) is 0 Å². The first kappa shape index (κ1) is 19.8. The van der Waals surface area contributed by atoms with E-state index >= 15 is 0 Å². The van der Waals surface area contributed by atoms with Crippen LogP contribution in [0.2, 0.25) is 0 Å². The lowest BCUT2D eigenvalue weighted by molar-refractivity contribution is -0.119. The lowest BCUT2D eigenvalue weighted by Gasteiger charge is -2.18. The molecular weight excluding hydrogens is 450 g/mol. The molecule has 2 aromatic carbocycles. The lowest BCUT2D eigenvalue weighted by Crippen LogP contribution is -2.35. The van der Waals surface area contributed by atoms with Crippen LogP contribution in [0.1, 0.15) is 30.6 Å². The zero-order chi connectivity index (χ0) is 20.7. The van der Waals surface area contributed by atoms with Gasteiger partial charge in [0, 0.05) is 20.2 Å². The van der Waals surface area contributed by atoms with E-state index in [1.165, 1.54) is 4.68 Å². The van der Waals surface area contributed by atoms with Gasteiger partial charge in [0.2, 0.25) is 5.91 Å². The summed E-state index contributed by atoms with van der Waals surface area (Å²) < 4.78 is 4.25. The van der Waals surface area contributed by atoms with Gasteiger partial charge >= 0.3 is 0 Å². The van der Waals surface area contributed by atoms with E-state index in [1.54, 1.807) is 11.3 Å². The molecule has 0 bridgehead atoms. The third-order valence-corrected chi connectivity index (χ3v) is 7.18. The highest BCUT2D eigenvalue weighted by Gasteiger charge is 2.24. The Hall–Kier alpha value is -2.51. The smallest absolute Gasteiger partial charge is 0.276 e. The van der Waals surface area contributed by atoms with E-state index in [-0.39, 0.29) is 11.5 Å². The first-order valence-electron chi connectivity index (χ1n) is 9.38. The minimum absolute atomic E-state index is 0.225. The summed E-state index contributed by atoms with van der Waals surface area (Å²) in [7, 11) is 0. The number of carbonyl (C=O) groups excluding carboxylic acids is 1. The standard InChI is InChI=1S/C22H20BrN3O2S/c1-4-17(21(27)24-14-9-10-16(23)12(2)11-14)26-22(28)19-15-7-5-6-8-18(15)29-20(19)13(3)25-26/h5-11,17H,4H2,1-3H3,(H,24,27). The van der Waals surface area contributed by atoms with Crippen molar-refractivity contribution in [3.05, 3.63) is 68.5 Å². The average molecular weight is 470 g/mol. The molecule has 148 valence electrons. The highest BCUT2D eigenvalue weighted by molar-refractivity contribution is 9.10. The van der Waals surface area contributed by atoms with Crippen molar-refractivity contribution in [2.45, 2.75) is 33.2 Å². The number of rotatable bonds is 4. The van der Waals surface area contributed by atoms with Gasteiger partial charge in [0.1, 0.15) is 6.04 Å². The van der Waals surface area contributed by atoms with Gasteiger partial charge in [-0.15, -0.1) is 11.3 Å². The van der Waals surface area contributed by atoms with Gasteiger partial charge in [0.25, 0.3) is 5.56 Å². The number of benzene rings is 2. The third kappa shape index (κ3) is 3.49. The van der Waals surface area contributed by atoms with E-state index in [9.17, 15) is 9.59 Å². The van der Waals surface area contributed by atoms with Crippen LogP contribution in [0.4, 0.5) is 5.69 Å². The van der Waals surface area contributed by atoms with Gasteiger partial charge in [0.05, 0.1) is 15.8 Å². The summed E-state index contributed by atoms with van der Waals surface area (Å²) in [6.45, 7) is 5.73. The molecule has 0 aliphatic heterocycles. The van der Waals surface area contributed by atoms with Gasteiger partial charge in [-0.1, -0.05) is 41.1 Å². The third-order valence-electron chi connectivity index (χ3n) is 5.01. The molecule has 1 N–H and O–H groups in total. The minimum atomic E-state index is -0.687. The number of hydrogen-bond acceptors (Lipinski definition) is 4. The largest absolute Gasteiger partial charge is 0.324 e. The molecule has 4 rings (SSSR count). The van der Waals surface area contributed by atoms with E-state index in [0.29, 0.717) is 17.5 Å². The Morgan fingerprint density at radius 1 is 1.24 bits per heavy atom. The Balaban J connectivity index is 1.79. The summed E-state index contributed by atoms with van der Waals surface area (Å²) >= 11 is 5.03. The Labute approximate surface area is 180 Å². The first-order valence-corrected chi connectivity index (χ1v) is 11.0. The van der Waals surface area contributed by atoms with E-state index in [1.807, 2.05) is 63.2 Å². The molecule has 0 saturated heterocycles. The first-order chi connectivity index (χ1) is 13.9. The number of aromatic nitrogens is 2. The van der Waals surface area contributed by atoms with Crippen LogP contribution in [0.25, 0.3) is 20.2 Å². The molecule has 1 unspecified atom stereocenters. The topological polar surface area (TPSA) is 64.0 Å². The fraction of sp³-hybridized carbons (Fsp3) is 0.227. The van der Waals surface area contributed by atoms with Crippen LogP contribution in [-0.2, 0) is 4.79 Å². The molecule has 29 heavy (non-hydrogen) atoms. The highest BCUT2D eigenvalue weighted by atomic mass is 79.9. The number of halogens is 1. The molecule has 0 aliphatic carbocycles. The van der Waals surface area contributed by atoms with Gasteiger partial charge in [-0.2, -0.15) is 5.10 Å². The van der Waals surface area contributed by atoms with Crippen LogP contribution >= 0.6 is 27.3 Å². The molecule has 0 radical (unpaired) electrons. The van der Waals surface area contributed by atoms with Crippen LogP contribution in [0.3, 0.4) is 0 Å². The SMILES string of the molecule is CCC(C(=O)Nc1ccc(Br)c(C)c1)n1nc(C)c2sc3ccccc3c2c1=O. The molecule has 4 aromatic rings. The van der Waals surface area contributed by atoms with Crippen molar-refractivity contribution in [1.82, 2.24) is 9.78 Å². The summed E-state index contributed by atoms with van der Waals surface area (Å²) in [4.78, 5) is 26.4. The maximum absolute atomic E-state index is 13.3. The van der Waals surface area contributed by atoms with Gasteiger partial charge < -0.3 is 5.32 Å². The quantitative estimate of drug-likeness (QED) is 0.424. The second kappa shape index (κ2) is 7.72. The molecule has 0 spiro atoms. The van der Waals surface area contributed by atoms with Crippen LogP contribution in [0.15, 0.2) is 51.7 Å². The maximum Gasteiger partial charge on any atom is 0.276 e. The fourth-order valence-corrected chi connectivity index (χ4v) is 4.89. The Bertz CT molecular complexity index is 1310. The molecular formula is C22H20BrN3O2S. The van der Waals surface area contributed by atoms with Gasteiger partial charge in [-0.25, -0.2) is 4.68 Å². The number of amides is 1. The van der Waals surface area contributed by atoms with Crippen molar-refractivity contribution >= 4 is 59.0 Å². The summed E-state index contributed by atoms with van der Waals surface area (Å²) in [5.74, 6) is -0.248. The molecule has 7 heteroatoms. The lowest BCUT2D eigenvalue weighted by atomic mass is 10.1. The highest BCUT2D eigenvalue weighted by Crippen LogP contribution is 2.33. The minimum Gasteiger partial charge on any atom is -0.324 e. The summed E-state index contributed by atoms with van der Waals surface area (Å²) in [6.07, 6.45) is 0.460. The number of hydrogen-bond donors (Lipinski definition) is 1. The van der Waals surface area contributed by atoms with Crippen molar-refractivity contribution in [2.75, 3.05) is 5.32 Å². The monoisotopic (exact) mass is 469 g/mol. The van der Waals surface area contributed by atoms with Gasteiger partial charge in [0.15, 0.2) is 0 Å². The van der Waals surface area contributed by atoms with E-state index < -0.39 is 6.04 Å². The van der Waals surface area contributed by atoms with Crippen LogP contribution in [0, 0.1) is 13.8 Å². The van der Waals surface area contributed by atoms with Crippen LogP contribution in [-0.4, -0.2) is 15.7 Å². The number of fused-ring (bicyclic) bond motifs is 3. The molecule has 1 atom stereocenters. The zero-order valence-corrected chi connectivity index (χ0v) is 18.7. The molecule has 0 aliphatic rings. The summed E-state index contributed by atoms with van der Waals surface area (Å²) in [5, 5.41) is 8.99. The van der Waals surface area contributed by atoms with Gasteiger partial charge in [-0.3, -0.25) is 9.59 Å². The predicted molar refractivity (Wildman–Crippen MR) is 123 cm³/mol. The van der Waals surface area contributed by atoms with Crippen molar-refractivity contribution < 1.29 is 4.79 Å². The summed E-state index contributed by atoms with van der Waals surface area (Å²) in [5.41, 5.74) is 2.25. The Morgan fingerprint density at radius 2 is 2.00 bits per heavy atom. The number of carbonyl (C=O) groups is 1. The van der Waals surface area contributed by atoms with E-state index in [0.717, 1.165) is 30.5 Å². The van der Waals surface area contributed by atoms with Crippen molar-refractivity contribution in [3.63, 3.8) is 0 Å². The second-order valence-corrected chi connectivity index (χ2v) is 8.92. The van der Waals surface area contributed by atoms with Gasteiger partial charge in [-0.05, 0) is 50.1 Å². The molecule has 5 nitrogen and oxygen atoms in total. The molecule has 1 amide bonds. The fourth-order valence-electron chi connectivity index (χ4n) is 3.51. The molecule has 2 aromatic heterocycles. The Morgan fingerprint density at radius 3 is 2.72 bits per heavy atom. The van der Waals surface area contributed by atoms with Crippen LogP contribution in [0.5, 0.6) is 0 Å². The molecule has 0 saturated carbocycles. The number of anilines is 1. The predicted octanol–water partition coefficient (Wildman–Crippen LogP) is 5.58. The van der Waals surface area contributed by atoms with Crippen LogP contribution < -0.4 is 10.9 Å². The molecule has 0 fully saturated rings. The van der Waals surface area contributed by atoms with E-state index in [2.05, 4.69) is 26.3 Å². The maximum atomic E-state index is 13.3. The number of thiophene rings is 1. The second-order valence-electron chi connectivity index (χ2n) is 7.01. The number of aryl methyl sites for hydroxylation is 2. The van der Waals surface area contributed by atoms with E-state index in [4.69, 9.17) is 0 Å². The van der Waals surface area contributed by atoms with Crippen molar-refractivity contribution in [2.24, 2.45) is 0 Å². The molecule has 2 heterocycles. The number of nitrogens with one attached hydrogen (secondary N) is 1. The number of nitrogens with zero attached hydrogens (tertiary/aromatic N) is 2.